The molecule has 0 aliphatic heterocycles. The number of hydrogen-bond donors (Lipinski definition) is 1. The fraction of sp³-hybridized carbons (Fsp3) is 0.364. The van der Waals surface area contributed by atoms with Gasteiger partial charge in [0.05, 0.1) is 6.61 Å². The lowest BCUT2D eigenvalue weighted by Gasteiger charge is -2.08. The van der Waals surface area contributed by atoms with E-state index in [0.29, 0.717) is 25.6 Å². The monoisotopic (exact) mass is 210 g/mol. The molecule has 82 valence electrons. The third-order valence-electron chi connectivity index (χ3n) is 1.81. The molecule has 0 saturated heterocycles. The van der Waals surface area contributed by atoms with Crippen molar-refractivity contribution in [2.45, 2.75) is 6.92 Å². The molecule has 0 heterocycles. The minimum atomic E-state index is -0.984. The predicted octanol–water partition coefficient (Wildman–Crippen LogP) is 1.80. The molecule has 4 heteroatoms. The average Bonchev–Trinajstić information content (AvgIpc) is 2.25. The van der Waals surface area contributed by atoms with Crippen molar-refractivity contribution < 1.29 is 19.4 Å². The van der Waals surface area contributed by atoms with E-state index in [0.717, 1.165) is 0 Å². The third-order valence-corrected chi connectivity index (χ3v) is 1.81. The molecule has 0 aliphatic rings. The highest BCUT2D eigenvalue weighted by Gasteiger charge is 2.09. The van der Waals surface area contributed by atoms with Crippen molar-refractivity contribution in [1.29, 1.82) is 0 Å². The van der Waals surface area contributed by atoms with Gasteiger partial charge in [-0.1, -0.05) is 12.1 Å². The normalized spacial score (nSPS) is 9.93. The predicted molar refractivity (Wildman–Crippen MR) is 55.4 cm³/mol. The van der Waals surface area contributed by atoms with Crippen LogP contribution in [0.4, 0.5) is 0 Å². The molecule has 0 radical (unpaired) electrons. The molecule has 0 fully saturated rings. The third kappa shape index (κ3) is 3.59. The van der Waals surface area contributed by atoms with Crippen LogP contribution >= 0.6 is 0 Å². The van der Waals surface area contributed by atoms with Crippen LogP contribution in [-0.2, 0) is 4.74 Å². The Morgan fingerprint density at radius 1 is 1.33 bits per heavy atom. The van der Waals surface area contributed by atoms with Crippen molar-refractivity contribution >= 4 is 5.97 Å². The number of ether oxygens (including phenoxy) is 2. The van der Waals surface area contributed by atoms with Gasteiger partial charge in [-0.15, -0.1) is 0 Å². The van der Waals surface area contributed by atoms with Crippen LogP contribution in [0.5, 0.6) is 5.75 Å². The summed E-state index contributed by atoms with van der Waals surface area (Å²) in [5.74, 6) is -0.605. The van der Waals surface area contributed by atoms with Gasteiger partial charge in [-0.05, 0) is 19.1 Å². The molecule has 0 unspecified atom stereocenters. The number of carboxylic acids is 1. The fourth-order valence-corrected chi connectivity index (χ4v) is 1.12. The quantitative estimate of drug-likeness (QED) is 0.727. The van der Waals surface area contributed by atoms with Crippen LogP contribution in [0.1, 0.15) is 17.3 Å². The van der Waals surface area contributed by atoms with Crippen molar-refractivity contribution in [2.75, 3.05) is 19.8 Å². The maximum Gasteiger partial charge on any atom is 0.339 e. The first-order chi connectivity index (χ1) is 7.25. The molecule has 0 aliphatic carbocycles. The number of hydrogen-bond acceptors (Lipinski definition) is 3. The molecule has 0 spiro atoms. The number of carbonyl (C=O) groups is 1. The summed E-state index contributed by atoms with van der Waals surface area (Å²) in [4.78, 5) is 10.8. The van der Waals surface area contributed by atoms with E-state index in [9.17, 15) is 4.79 Å². The molecule has 1 aromatic carbocycles. The Hall–Kier alpha value is -1.55. The van der Waals surface area contributed by atoms with E-state index in [1.165, 1.54) is 6.07 Å². The molecular formula is C11H14O4. The largest absolute Gasteiger partial charge is 0.490 e. The molecule has 1 aromatic rings. The van der Waals surface area contributed by atoms with Crippen LogP contribution in [0, 0.1) is 0 Å². The summed E-state index contributed by atoms with van der Waals surface area (Å²) in [6.45, 7) is 3.34. The Balaban J connectivity index is 2.56. The van der Waals surface area contributed by atoms with E-state index in [2.05, 4.69) is 0 Å². The van der Waals surface area contributed by atoms with Crippen LogP contribution in [0.3, 0.4) is 0 Å². The van der Waals surface area contributed by atoms with E-state index < -0.39 is 5.97 Å². The Labute approximate surface area is 88.4 Å². The van der Waals surface area contributed by atoms with Crippen LogP contribution in [0.15, 0.2) is 24.3 Å². The van der Waals surface area contributed by atoms with E-state index in [1.54, 1.807) is 18.2 Å². The van der Waals surface area contributed by atoms with Gasteiger partial charge in [0.2, 0.25) is 0 Å². The molecule has 0 aromatic heterocycles. The first kappa shape index (κ1) is 11.5. The van der Waals surface area contributed by atoms with Gasteiger partial charge in [-0.2, -0.15) is 0 Å². The van der Waals surface area contributed by atoms with Gasteiger partial charge in [0, 0.05) is 6.61 Å². The van der Waals surface area contributed by atoms with Gasteiger partial charge >= 0.3 is 5.97 Å². The highest BCUT2D eigenvalue weighted by Crippen LogP contribution is 2.17. The maximum atomic E-state index is 10.8. The smallest absolute Gasteiger partial charge is 0.339 e. The SMILES string of the molecule is CCOCCOc1ccccc1C(=O)O. The lowest BCUT2D eigenvalue weighted by atomic mass is 10.2. The molecular weight excluding hydrogens is 196 g/mol. The summed E-state index contributed by atoms with van der Waals surface area (Å²) in [5.41, 5.74) is 0.175. The zero-order chi connectivity index (χ0) is 11.1. The van der Waals surface area contributed by atoms with E-state index in [4.69, 9.17) is 14.6 Å². The number of carboxylic acid groups (broad SMARTS) is 1. The van der Waals surface area contributed by atoms with Gasteiger partial charge in [0.25, 0.3) is 0 Å². The highest BCUT2D eigenvalue weighted by molar-refractivity contribution is 5.90. The average molecular weight is 210 g/mol. The molecule has 1 rings (SSSR count). The summed E-state index contributed by atoms with van der Waals surface area (Å²) >= 11 is 0. The van der Waals surface area contributed by atoms with Crippen molar-refractivity contribution in [3.63, 3.8) is 0 Å². The summed E-state index contributed by atoms with van der Waals surface area (Å²) in [6, 6.07) is 6.55. The number of rotatable bonds is 6. The first-order valence-corrected chi connectivity index (χ1v) is 4.78. The van der Waals surface area contributed by atoms with Crippen LogP contribution in [0.2, 0.25) is 0 Å². The van der Waals surface area contributed by atoms with Crippen molar-refractivity contribution in [1.82, 2.24) is 0 Å². The van der Waals surface area contributed by atoms with Gasteiger partial charge in [0.15, 0.2) is 0 Å². The lowest BCUT2D eigenvalue weighted by molar-refractivity contribution is 0.0687. The standard InChI is InChI=1S/C11H14O4/c1-2-14-7-8-15-10-6-4-3-5-9(10)11(12)13/h3-6H,2,7-8H2,1H3,(H,12,13). The van der Waals surface area contributed by atoms with Gasteiger partial charge in [0.1, 0.15) is 17.9 Å². The Kier molecular flexibility index (Phi) is 4.63. The van der Waals surface area contributed by atoms with Crippen molar-refractivity contribution in [2.24, 2.45) is 0 Å². The van der Waals surface area contributed by atoms with E-state index >= 15 is 0 Å². The number of benzene rings is 1. The zero-order valence-electron chi connectivity index (χ0n) is 8.60. The van der Waals surface area contributed by atoms with Gasteiger partial charge < -0.3 is 14.6 Å². The molecule has 15 heavy (non-hydrogen) atoms. The Morgan fingerprint density at radius 2 is 2.07 bits per heavy atom. The first-order valence-electron chi connectivity index (χ1n) is 4.78. The summed E-state index contributed by atoms with van der Waals surface area (Å²) in [6.07, 6.45) is 0. The van der Waals surface area contributed by atoms with Crippen molar-refractivity contribution in [3.8, 4) is 5.75 Å². The van der Waals surface area contributed by atoms with Crippen molar-refractivity contribution in [3.05, 3.63) is 29.8 Å². The molecule has 0 amide bonds. The van der Waals surface area contributed by atoms with Gasteiger partial charge in [-0.3, -0.25) is 0 Å². The van der Waals surface area contributed by atoms with E-state index in [-0.39, 0.29) is 5.56 Å². The Morgan fingerprint density at radius 3 is 2.73 bits per heavy atom. The summed E-state index contributed by atoms with van der Waals surface area (Å²) in [7, 11) is 0. The fourth-order valence-electron chi connectivity index (χ4n) is 1.12. The van der Waals surface area contributed by atoms with Crippen LogP contribution in [0.25, 0.3) is 0 Å². The number of para-hydroxylation sites is 1. The highest BCUT2D eigenvalue weighted by atomic mass is 16.5. The zero-order valence-corrected chi connectivity index (χ0v) is 8.60. The van der Waals surface area contributed by atoms with Gasteiger partial charge in [-0.25, -0.2) is 4.79 Å². The second kappa shape index (κ2) is 6.03. The second-order valence-corrected chi connectivity index (χ2v) is 2.85. The number of aromatic carboxylic acids is 1. The Bertz CT molecular complexity index is 322. The molecule has 0 saturated carbocycles. The van der Waals surface area contributed by atoms with Crippen LogP contribution in [-0.4, -0.2) is 30.9 Å². The molecule has 0 atom stereocenters. The lowest BCUT2D eigenvalue weighted by Crippen LogP contribution is -2.09. The summed E-state index contributed by atoms with van der Waals surface area (Å²) < 4.78 is 10.4. The molecule has 1 N–H and O–H groups in total. The summed E-state index contributed by atoms with van der Waals surface area (Å²) in [5, 5.41) is 8.86. The molecule has 4 nitrogen and oxygen atoms in total. The topological polar surface area (TPSA) is 55.8 Å². The van der Waals surface area contributed by atoms with E-state index in [1.807, 2.05) is 6.92 Å². The minimum Gasteiger partial charge on any atom is -0.490 e. The minimum absolute atomic E-state index is 0.175. The second-order valence-electron chi connectivity index (χ2n) is 2.85. The molecule has 0 bridgehead atoms. The maximum absolute atomic E-state index is 10.8. The van der Waals surface area contributed by atoms with Crippen LogP contribution < -0.4 is 4.74 Å².